The highest BCUT2D eigenvalue weighted by Gasteiger charge is 2.22. The summed E-state index contributed by atoms with van der Waals surface area (Å²) in [5, 5.41) is 6.48. The second-order valence-electron chi connectivity index (χ2n) is 7.50. The molecule has 4 aromatic rings. The molecule has 0 aliphatic heterocycles. The molecule has 0 atom stereocenters. The Morgan fingerprint density at radius 3 is 2.61 bits per heavy atom. The molecule has 0 radical (unpaired) electrons. The number of nitrogens with zero attached hydrogens (tertiary/aromatic N) is 4. The molecule has 33 heavy (non-hydrogen) atoms. The van der Waals surface area contributed by atoms with Crippen LogP contribution in [0.25, 0.3) is 11.0 Å². The van der Waals surface area contributed by atoms with Crippen molar-refractivity contribution in [2.75, 3.05) is 16.4 Å². The lowest BCUT2D eigenvalue weighted by Gasteiger charge is -2.10. The third-order valence-electron chi connectivity index (χ3n) is 4.88. The number of carbonyl (C=O) groups excluding carboxylic acids is 2. The third kappa shape index (κ3) is 4.59. The summed E-state index contributed by atoms with van der Waals surface area (Å²) in [6.07, 6.45) is 5.91. The van der Waals surface area contributed by atoms with E-state index in [4.69, 9.17) is 28.9 Å². The summed E-state index contributed by atoms with van der Waals surface area (Å²) >= 11 is 12.0. The summed E-state index contributed by atoms with van der Waals surface area (Å²) in [7, 11) is 0. The van der Waals surface area contributed by atoms with E-state index < -0.39 is 6.03 Å². The lowest BCUT2D eigenvalue weighted by atomic mass is 10.1. The number of amides is 2. The second-order valence-corrected chi connectivity index (χ2v) is 8.34. The predicted molar refractivity (Wildman–Crippen MR) is 129 cm³/mol. The van der Waals surface area contributed by atoms with Gasteiger partial charge in [-0.15, -0.1) is 0 Å². The summed E-state index contributed by atoms with van der Waals surface area (Å²) in [4.78, 5) is 38.1. The maximum atomic E-state index is 13.3. The molecule has 3 heterocycles. The number of urea groups is 1. The van der Waals surface area contributed by atoms with Gasteiger partial charge in [0.15, 0.2) is 5.78 Å². The van der Waals surface area contributed by atoms with Gasteiger partial charge in [-0.25, -0.2) is 14.8 Å². The van der Waals surface area contributed by atoms with E-state index in [-0.39, 0.29) is 23.2 Å². The number of carbonyl (C=O) groups is 2. The Morgan fingerprint density at radius 2 is 1.88 bits per heavy atom. The van der Waals surface area contributed by atoms with E-state index >= 15 is 0 Å². The molecule has 0 spiro atoms. The summed E-state index contributed by atoms with van der Waals surface area (Å²) in [5.41, 5.74) is 7.96. The maximum absolute atomic E-state index is 13.3. The van der Waals surface area contributed by atoms with Gasteiger partial charge in [-0.1, -0.05) is 23.2 Å². The highest BCUT2D eigenvalue weighted by atomic mass is 35.5. The van der Waals surface area contributed by atoms with Crippen molar-refractivity contribution in [3.63, 3.8) is 0 Å². The molecular weight excluding hydrogens is 465 g/mol. The maximum Gasteiger partial charge on any atom is 0.323 e. The standard InChI is InChI=1S/C22H19Cl2N7O2/c1-11(2)31-9-15(18-20(25)27-10-28-21(18)31)19(32)12-5-14(8-26-7-12)29-22(33)30-17-4-3-13(23)6-16(17)24/h3-11H,1-2H3,(H2,25,27,28)(H2,29,30,33). The highest BCUT2D eigenvalue weighted by Crippen LogP contribution is 2.29. The van der Waals surface area contributed by atoms with Crippen LogP contribution in [-0.2, 0) is 0 Å². The number of benzene rings is 1. The fraction of sp³-hybridized carbons (Fsp3) is 0.136. The first-order valence-corrected chi connectivity index (χ1v) is 10.6. The van der Waals surface area contributed by atoms with Crippen LogP contribution < -0.4 is 16.4 Å². The lowest BCUT2D eigenvalue weighted by Crippen LogP contribution is -2.20. The van der Waals surface area contributed by atoms with E-state index in [1.165, 1.54) is 30.9 Å². The molecule has 0 fully saturated rings. The van der Waals surface area contributed by atoms with Crippen LogP contribution in [0.3, 0.4) is 0 Å². The molecule has 1 aromatic carbocycles. The van der Waals surface area contributed by atoms with Crippen molar-refractivity contribution in [2.24, 2.45) is 0 Å². The number of fused-ring (bicyclic) bond motifs is 1. The smallest absolute Gasteiger partial charge is 0.323 e. The van der Waals surface area contributed by atoms with E-state index in [1.54, 1.807) is 18.3 Å². The average molecular weight is 484 g/mol. The molecule has 9 nitrogen and oxygen atoms in total. The van der Waals surface area contributed by atoms with Crippen LogP contribution in [-0.4, -0.2) is 31.3 Å². The van der Waals surface area contributed by atoms with Gasteiger partial charge in [0, 0.05) is 29.0 Å². The molecule has 0 unspecified atom stereocenters. The monoisotopic (exact) mass is 483 g/mol. The summed E-state index contributed by atoms with van der Waals surface area (Å²) < 4.78 is 1.86. The molecule has 0 saturated heterocycles. The van der Waals surface area contributed by atoms with Crippen LogP contribution >= 0.6 is 23.2 Å². The molecule has 11 heteroatoms. The Kier molecular flexibility index (Phi) is 6.17. The molecule has 168 valence electrons. The van der Waals surface area contributed by atoms with Crippen LogP contribution in [0.5, 0.6) is 0 Å². The Hall–Kier alpha value is -3.69. The number of halogens is 2. The summed E-state index contributed by atoms with van der Waals surface area (Å²) in [6, 6.07) is 5.73. The molecular formula is C22H19Cl2N7O2. The van der Waals surface area contributed by atoms with E-state index in [0.717, 1.165) is 0 Å². The molecule has 3 aromatic heterocycles. The van der Waals surface area contributed by atoms with Gasteiger partial charge in [0.05, 0.1) is 33.5 Å². The van der Waals surface area contributed by atoms with Crippen molar-refractivity contribution in [2.45, 2.75) is 19.9 Å². The van der Waals surface area contributed by atoms with Crippen molar-refractivity contribution in [1.29, 1.82) is 0 Å². The number of aromatic nitrogens is 4. The Labute approximate surface area is 198 Å². The number of nitrogens with one attached hydrogen (secondary N) is 2. The molecule has 2 amide bonds. The molecule has 4 rings (SSSR count). The first kappa shape index (κ1) is 22.5. The van der Waals surface area contributed by atoms with Gasteiger partial charge in [0.25, 0.3) is 0 Å². The first-order chi connectivity index (χ1) is 15.7. The van der Waals surface area contributed by atoms with Gasteiger partial charge < -0.3 is 20.9 Å². The van der Waals surface area contributed by atoms with Gasteiger partial charge >= 0.3 is 6.03 Å². The zero-order chi connectivity index (χ0) is 23.7. The first-order valence-electron chi connectivity index (χ1n) is 9.88. The molecule has 0 bridgehead atoms. The minimum absolute atomic E-state index is 0.0536. The second kappa shape index (κ2) is 9.05. The van der Waals surface area contributed by atoms with Crippen molar-refractivity contribution < 1.29 is 9.59 Å². The Bertz CT molecular complexity index is 1380. The lowest BCUT2D eigenvalue weighted by molar-refractivity contribution is 0.103. The number of ketones is 1. The van der Waals surface area contributed by atoms with E-state index in [0.29, 0.717) is 38.0 Å². The fourth-order valence-electron chi connectivity index (χ4n) is 3.34. The largest absolute Gasteiger partial charge is 0.383 e. The zero-order valence-electron chi connectivity index (χ0n) is 17.6. The van der Waals surface area contributed by atoms with Crippen molar-refractivity contribution in [1.82, 2.24) is 19.5 Å². The van der Waals surface area contributed by atoms with Crippen molar-refractivity contribution in [3.8, 4) is 0 Å². The van der Waals surface area contributed by atoms with E-state index in [1.807, 2.05) is 18.4 Å². The number of nitrogen functional groups attached to an aromatic ring is 1. The number of anilines is 3. The number of pyridine rings is 1. The van der Waals surface area contributed by atoms with Crippen LogP contribution in [0.2, 0.25) is 10.0 Å². The van der Waals surface area contributed by atoms with E-state index in [9.17, 15) is 9.59 Å². The minimum Gasteiger partial charge on any atom is -0.383 e. The Morgan fingerprint density at radius 1 is 1.09 bits per heavy atom. The van der Waals surface area contributed by atoms with E-state index in [2.05, 4.69) is 25.6 Å². The van der Waals surface area contributed by atoms with Crippen LogP contribution in [0.1, 0.15) is 35.8 Å². The number of rotatable bonds is 5. The van der Waals surface area contributed by atoms with Gasteiger partial charge in [-0.05, 0) is 38.1 Å². The van der Waals surface area contributed by atoms with Gasteiger partial charge in [0.1, 0.15) is 17.8 Å². The minimum atomic E-state index is -0.556. The number of hydrogen-bond acceptors (Lipinski definition) is 6. The van der Waals surface area contributed by atoms with Crippen molar-refractivity contribution in [3.05, 3.63) is 70.4 Å². The van der Waals surface area contributed by atoms with Crippen molar-refractivity contribution >= 4 is 63.2 Å². The van der Waals surface area contributed by atoms with Crippen LogP contribution in [0.15, 0.2) is 49.2 Å². The van der Waals surface area contributed by atoms with Gasteiger partial charge in [-0.3, -0.25) is 9.78 Å². The normalized spacial score (nSPS) is 11.1. The Balaban J connectivity index is 1.60. The molecule has 0 aliphatic rings. The third-order valence-corrected chi connectivity index (χ3v) is 5.43. The van der Waals surface area contributed by atoms with Gasteiger partial charge in [-0.2, -0.15) is 0 Å². The topological polar surface area (TPSA) is 128 Å². The highest BCUT2D eigenvalue weighted by molar-refractivity contribution is 6.36. The molecule has 0 aliphatic carbocycles. The zero-order valence-corrected chi connectivity index (χ0v) is 19.1. The SMILES string of the molecule is CC(C)n1cc(C(=O)c2cncc(NC(=O)Nc3ccc(Cl)cc3Cl)c2)c2c(N)ncnc21. The fourth-order valence-corrected chi connectivity index (χ4v) is 3.79. The molecule has 4 N–H and O–H groups in total. The predicted octanol–water partition coefficient (Wildman–Crippen LogP) is 5.17. The average Bonchev–Trinajstić information content (AvgIpc) is 3.17. The number of hydrogen-bond donors (Lipinski definition) is 3. The summed E-state index contributed by atoms with van der Waals surface area (Å²) in [5.74, 6) is -0.109. The van der Waals surface area contributed by atoms with Crippen LogP contribution in [0.4, 0.5) is 22.0 Å². The van der Waals surface area contributed by atoms with Gasteiger partial charge in [0.2, 0.25) is 0 Å². The summed E-state index contributed by atoms with van der Waals surface area (Å²) in [6.45, 7) is 3.95. The quantitative estimate of drug-likeness (QED) is 0.335. The number of nitrogens with two attached hydrogens (primary N) is 1. The van der Waals surface area contributed by atoms with Crippen LogP contribution in [0, 0.1) is 0 Å². The molecule has 0 saturated carbocycles.